The Bertz CT molecular complexity index is 738. The van der Waals surface area contributed by atoms with E-state index in [-0.39, 0.29) is 27.8 Å². The Kier molecular flexibility index (Phi) is 3.99. The number of pyridine rings is 1. The van der Waals surface area contributed by atoms with Gasteiger partial charge in [0.05, 0.1) is 15.5 Å². The number of rotatable bonds is 3. The number of nitro groups is 1. The lowest BCUT2D eigenvalue weighted by Gasteiger charge is -2.07. The van der Waals surface area contributed by atoms with E-state index in [0.29, 0.717) is 0 Å². The zero-order valence-electron chi connectivity index (χ0n) is 10.3. The van der Waals surface area contributed by atoms with Crippen LogP contribution in [0.5, 0.6) is 0 Å². The highest BCUT2D eigenvalue weighted by molar-refractivity contribution is 6.30. The number of halogens is 2. The molecular weight excluding hydrogens is 303 g/mol. The van der Waals surface area contributed by atoms with Crippen molar-refractivity contribution in [1.82, 2.24) is 4.98 Å². The number of hydrogen-bond acceptors (Lipinski definition) is 5. The van der Waals surface area contributed by atoms with Crippen LogP contribution in [0.15, 0.2) is 30.5 Å². The maximum absolute atomic E-state index is 13.3. The Balaban J connectivity index is 2.29. The topological polar surface area (TPSA) is 111 Å². The Labute approximate surface area is 122 Å². The van der Waals surface area contributed by atoms with E-state index in [1.165, 1.54) is 12.1 Å². The molecule has 108 valence electrons. The van der Waals surface area contributed by atoms with Crippen LogP contribution in [0.2, 0.25) is 5.02 Å². The van der Waals surface area contributed by atoms with Crippen molar-refractivity contribution < 1.29 is 14.1 Å². The molecule has 0 atom stereocenters. The molecule has 0 aliphatic heterocycles. The fourth-order valence-electron chi connectivity index (χ4n) is 1.52. The van der Waals surface area contributed by atoms with Crippen molar-refractivity contribution in [3.63, 3.8) is 0 Å². The molecule has 0 saturated heterocycles. The second-order valence-corrected chi connectivity index (χ2v) is 4.37. The van der Waals surface area contributed by atoms with Gasteiger partial charge in [-0.05, 0) is 18.2 Å². The normalized spacial score (nSPS) is 10.2. The highest BCUT2D eigenvalue weighted by Crippen LogP contribution is 2.21. The molecule has 0 saturated carbocycles. The van der Waals surface area contributed by atoms with Crippen molar-refractivity contribution in [3.05, 3.63) is 57.0 Å². The Morgan fingerprint density at radius 2 is 2.14 bits per heavy atom. The molecule has 2 aromatic rings. The number of amides is 1. The van der Waals surface area contributed by atoms with Crippen LogP contribution in [0, 0.1) is 15.9 Å². The fraction of sp³-hybridized carbons (Fsp3) is 0. The van der Waals surface area contributed by atoms with Gasteiger partial charge in [0.1, 0.15) is 17.8 Å². The van der Waals surface area contributed by atoms with Gasteiger partial charge in [-0.15, -0.1) is 0 Å². The number of nitrogens with zero attached hydrogens (tertiary/aromatic N) is 2. The van der Waals surface area contributed by atoms with Gasteiger partial charge in [-0.2, -0.15) is 0 Å². The molecule has 0 spiro atoms. The average molecular weight is 311 g/mol. The van der Waals surface area contributed by atoms with E-state index in [2.05, 4.69) is 10.3 Å². The van der Waals surface area contributed by atoms with Crippen LogP contribution in [0.3, 0.4) is 0 Å². The van der Waals surface area contributed by atoms with Crippen LogP contribution in [0.1, 0.15) is 10.4 Å². The number of carbonyl (C=O) groups excluding carboxylic acids is 1. The van der Waals surface area contributed by atoms with E-state index >= 15 is 0 Å². The second kappa shape index (κ2) is 5.71. The summed E-state index contributed by atoms with van der Waals surface area (Å²) in [7, 11) is 0. The number of carbonyl (C=O) groups is 1. The molecule has 0 aliphatic rings. The molecule has 9 heteroatoms. The predicted molar refractivity (Wildman–Crippen MR) is 74.7 cm³/mol. The minimum absolute atomic E-state index is 0.0930. The molecule has 1 heterocycles. The molecule has 0 aliphatic carbocycles. The molecule has 2 rings (SSSR count). The van der Waals surface area contributed by atoms with E-state index in [9.17, 15) is 19.3 Å². The van der Waals surface area contributed by atoms with Crippen LogP contribution >= 0.6 is 11.6 Å². The molecule has 0 bridgehead atoms. The first kappa shape index (κ1) is 14.7. The first-order valence-corrected chi connectivity index (χ1v) is 5.92. The summed E-state index contributed by atoms with van der Waals surface area (Å²) in [6.45, 7) is 0. The second-order valence-electron chi connectivity index (χ2n) is 3.97. The van der Waals surface area contributed by atoms with Crippen LogP contribution in [0.25, 0.3) is 0 Å². The number of nitrogens with one attached hydrogen (secondary N) is 1. The monoisotopic (exact) mass is 310 g/mol. The molecule has 0 fully saturated rings. The summed E-state index contributed by atoms with van der Waals surface area (Å²) in [6, 6.07) is 4.65. The van der Waals surface area contributed by atoms with Crippen molar-refractivity contribution in [2.24, 2.45) is 0 Å². The summed E-state index contributed by atoms with van der Waals surface area (Å²) in [5, 5.41) is 12.9. The summed E-state index contributed by atoms with van der Waals surface area (Å²) < 4.78 is 13.3. The summed E-state index contributed by atoms with van der Waals surface area (Å²) in [4.78, 5) is 25.5. The van der Waals surface area contributed by atoms with Gasteiger partial charge in [0.25, 0.3) is 11.6 Å². The molecule has 1 aromatic carbocycles. The SMILES string of the molecule is Nc1ncc([N+](=O)[O-])cc1C(=O)Nc1ccc(Cl)c(F)c1. The minimum atomic E-state index is -0.745. The lowest BCUT2D eigenvalue weighted by atomic mass is 10.2. The fourth-order valence-corrected chi connectivity index (χ4v) is 1.64. The predicted octanol–water partition coefficient (Wildman–Crippen LogP) is 2.62. The molecule has 7 nitrogen and oxygen atoms in total. The highest BCUT2D eigenvalue weighted by atomic mass is 35.5. The van der Waals surface area contributed by atoms with E-state index in [1.807, 2.05) is 0 Å². The average Bonchev–Trinajstić information content (AvgIpc) is 2.43. The zero-order chi connectivity index (χ0) is 15.6. The van der Waals surface area contributed by atoms with Crippen molar-refractivity contribution in [2.75, 3.05) is 11.1 Å². The zero-order valence-corrected chi connectivity index (χ0v) is 11.1. The van der Waals surface area contributed by atoms with E-state index in [4.69, 9.17) is 17.3 Å². The number of aromatic nitrogens is 1. The van der Waals surface area contributed by atoms with E-state index in [1.54, 1.807) is 0 Å². The van der Waals surface area contributed by atoms with Crippen molar-refractivity contribution >= 4 is 34.7 Å². The van der Waals surface area contributed by atoms with Gasteiger partial charge < -0.3 is 11.1 Å². The maximum atomic E-state index is 13.3. The van der Waals surface area contributed by atoms with Gasteiger partial charge in [0.15, 0.2) is 0 Å². The van der Waals surface area contributed by atoms with Gasteiger partial charge in [-0.3, -0.25) is 14.9 Å². The summed E-state index contributed by atoms with van der Waals surface area (Å²) >= 11 is 5.52. The Morgan fingerprint density at radius 3 is 2.76 bits per heavy atom. The number of nitrogens with two attached hydrogens (primary N) is 1. The van der Waals surface area contributed by atoms with Crippen LogP contribution in [-0.4, -0.2) is 15.8 Å². The lowest BCUT2D eigenvalue weighted by Crippen LogP contribution is -2.15. The van der Waals surface area contributed by atoms with Gasteiger partial charge in [0.2, 0.25) is 0 Å². The third-order valence-electron chi connectivity index (χ3n) is 2.54. The molecule has 21 heavy (non-hydrogen) atoms. The van der Waals surface area contributed by atoms with Crippen LogP contribution in [0.4, 0.5) is 21.6 Å². The summed E-state index contributed by atoms with van der Waals surface area (Å²) in [6.07, 6.45) is 0.939. The third-order valence-corrected chi connectivity index (χ3v) is 2.84. The molecule has 0 radical (unpaired) electrons. The van der Waals surface area contributed by atoms with E-state index in [0.717, 1.165) is 18.3 Å². The Morgan fingerprint density at radius 1 is 1.43 bits per heavy atom. The lowest BCUT2D eigenvalue weighted by molar-refractivity contribution is -0.385. The van der Waals surface area contributed by atoms with E-state index < -0.39 is 16.6 Å². The van der Waals surface area contributed by atoms with Crippen molar-refractivity contribution in [3.8, 4) is 0 Å². The molecule has 1 aromatic heterocycles. The van der Waals surface area contributed by atoms with Crippen molar-refractivity contribution in [1.29, 1.82) is 0 Å². The number of nitrogen functional groups attached to an aromatic ring is 1. The number of benzene rings is 1. The smallest absolute Gasteiger partial charge is 0.288 e. The van der Waals surface area contributed by atoms with Gasteiger partial charge in [-0.1, -0.05) is 11.6 Å². The molecule has 3 N–H and O–H groups in total. The third kappa shape index (κ3) is 3.23. The van der Waals surface area contributed by atoms with Crippen LogP contribution < -0.4 is 11.1 Å². The molecule has 0 unspecified atom stereocenters. The summed E-state index contributed by atoms with van der Waals surface area (Å²) in [5.41, 5.74) is 5.08. The van der Waals surface area contributed by atoms with Crippen LogP contribution in [-0.2, 0) is 0 Å². The first-order chi connectivity index (χ1) is 9.88. The highest BCUT2D eigenvalue weighted by Gasteiger charge is 2.17. The van der Waals surface area contributed by atoms with Gasteiger partial charge in [0, 0.05) is 11.8 Å². The van der Waals surface area contributed by atoms with Crippen molar-refractivity contribution in [2.45, 2.75) is 0 Å². The van der Waals surface area contributed by atoms with Gasteiger partial charge in [-0.25, -0.2) is 9.37 Å². The standard InChI is InChI=1S/C12H8ClFN4O3/c13-9-2-1-6(3-10(9)14)17-12(19)8-4-7(18(20)21)5-16-11(8)15/h1-5H,(H2,15,16)(H,17,19). The first-order valence-electron chi connectivity index (χ1n) is 5.55. The summed E-state index contributed by atoms with van der Waals surface area (Å²) in [5.74, 6) is -1.63. The largest absolute Gasteiger partial charge is 0.383 e. The van der Waals surface area contributed by atoms with Gasteiger partial charge >= 0.3 is 0 Å². The quantitative estimate of drug-likeness (QED) is 0.668. The minimum Gasteiger partial charge on any atom is -0.383 e. The number of hydrogen-bond donors (Lipinski definition) is 2. The molecular formula is C12H8ClFN4O3. The Hall–Kier alpha value is -2.74. The number of anilines is 2. The maximum Gasteiger partial charge on any atom is 0.288 e. The molecule has 1 amide bonds.